The summed E-state index contributed by atoms with van der Waals surface area (Å²) in [6, 6.07) is 7.44. The van der Waals surface area contributed by atoms with E-state index in [-0.39, 0.29) is 5.91 Å². The molecule has 0 aliphatic rings. The Morgan fingerprint density at radius 2 is 2.24 bits per heavy atom. The maximum absolute atomic E-state index is 11.5. The van der Waals surface area contributed by atoms with E-state index in [1.807, 2.05) is 38.2 Å². The number of nitrogens with zero attached hydrogens (tertiary/aromatic N) is 2. The molecule has 0 saturated carbocycles. The highest BCUT2D eigenvalue weighted by Gasteiger charge is 2.12. The third-order valence-corrected chi connectivity index (χ3v) is 3.06. The van der Waals surface area contributed by atoms with Gasteiger partial charge in [-0.25, -0.2) is 0 Å². The molecule has 0 aliphatic heterocycles. The summed E-state index contributed by atoms with van der Waals surface area (Å²) in [5, 5.41) is 7.02. The van der Waals surface area contributed by atoms with E-state index in [9.17, 15) is 4.79 Å². The molecule has 1 heterocycles. The topological polar surface area (TPSA) is 82.2 Å². The van der Waals surface area contributed by atoms with Crippen LogP contribution in [0.3, 0.4) is 0 Å². The zero-order valence-electron chi connectivity index (χ0n) is 12.3. The van der Waals surface area contributed by atoms with Crippen molar-refractivity contribution in [2.45, 2.75) is 13.3 Å². The fraction of sp³-hybridized carbons (Fsp3) is 0.333. The number of carbonyl (C=O) groups is 1. The maximum atomic E-state index is 11.5. The van der Waals surface area contributed by atoms with Crippen molar-refractivity contribution in [2.24, 2.45) is 12.8 Å². The molecule has 6 nitrogen and oxygen atoms in total. The highest BCUT2D eigenvalue weighted by Crippen LogP contribution is 2.32. The lowest BCUT2D eigenvalue weighted by Gasteiger charge is -2.13. The smallest absolute Gasteiger partial charge is 0.224 e. The zero-order chi connectivity index (χ0) is 15.2. The molecule has 6 heteroatoms. The SMILES string of the molecule is CCC(=O)Nc1ccc(OCCN)c(-c2ccnn2C)c1. The fourth-order valence-corrected chi connectivity index (χ4v) is 1.99. The van der Waals surface area contributed by atoms with Crippen molar-refractivity contribution in [2.75, 3.05) is 18.5 Å². The van der Waals surface area contributed by atoms with Crippen LogP contribution in [0.2, 0.25) is 0 Å². The molecule has 0 aliphatic carbocycles. The first-order valence-electron chi connectivity index (χ1n) is 6.90. The standard InChI is InChI=1S/C15H20N4O2/c1-3-15(20)18-11-4-5-14(21-9-7-16)12(10-11)13-6-8-17-19(13)2/h4-6,8,10H,3,7,9,16H2,1-2H3,(H,18,20). The van der Waals surface area contributed by atoms with Gasteiger partial charge in [0.25, 0.3) is 0 Å². The number of benzene rings is 1. The van der Waals surface area contributed by atoms with Gasteiger partial charge in [-0.2, -0.15) is 5.10 Å². The van der Waals surface area contributed by atoms with Gasteiger partial charge in [-0.1, -0.05) is 6.92 Å². The second-order valence-corrected chi connectivity index (χ2v) is 4.59. The van der Waals surface area contributed by atoms with E-state index in [4.69, 9.17) is 10.5 Å². The Hall–Kier alpha value is -2.34. The van der Waals surface area contributed by atoms with Crippen LogP contribution in [0.1, 0.15) is 13.3 Å². The van der Waals surface area contributed by atoms with Crippen LogP contribution in [0, 0.1) is 0 Å². The highest BCUT2D eigenvalue weighted by atomic mass is 16.5. The third kappa shape index (κ3) is 3.61. The summed E-state index contributed by atoms with van der Waals surface area (Å²) >= 11 is 0. The number of aryl methyl sites for hydroxylation is 1. The normalized spacial score (nSPS) is 10.4. The molecule has 1 amide bonds. The Balaban J connectivity index is 2.38. The number of nitrogens with two attached hydrogens (primary N) is 1. The Kier molecular flexibility index (Phi) is 4.94. The summed E-state index contributed by atoms with van der Waals surface area (Å²) in [5.74, 6) is 0.695. The number of nitrogens with one attached hydrogen (secondary N) is 1. The summed E-state index contributed by atoms with van der Waals surface area (Å²) in [6.45, 7) is 2.70. The second-order valence-electron chi connectivity index (χ2n) is 4.59. The highest BCUT2D eigenvalue weighted by molar-refractivity contribution is 5.91. The lowest BCUT2D eigenvalue weighted by atomic mass is 10.1. The quantitative estimate of drug-likeness (QED) is 0.848. The van der Waals surface area contributed by atoms with Crippen molar-refractivity contribution >= 4 is 11.6 Å². The molecule has 0 fully saturated rings. The molecular formula is C15H20N4O2. The van der Waals surface area contributed by atoms with Crippen LogP contribution in [0.5, 0.6) is 5.75 Å². The van der Waals surface area contributed by atoms with Gasteiger partial charge in [-0.3, -0.25) is 9.48 Å². The Morgan fingerprint density at radius 3 is 2.86 bits per heavy atom. The van der Waals surface area contributed by atoms with Crippen LogP contribution in [0.4, 0.5) is 5.69 Å². The van der Waals surface area contributed by atoms with Crippen LogP contribution >= 0.6 is 0 Å². The van der Waals surface area contributed by atoms with Crippen LogP contribution in [0.15, 0.2) is 30.5 Å². The van der Waals surface area contributed by atoms with Crippen molar-refractivity contribution in [3.63, 3.8) is 0 Å². The zero-order valence-corrected chi connectivity index (χ0v) is 12.3. The first kappa shape index (κ1) is 15.1. The van der Waals surface area contributed by atoms with Crippen LogP contribution in [-0.2, 0) is 11.8 Å². The van der Waals surface area contributed by atoms with E-state index in [0.717, 1.165) is 22.7 Å². The van der Waals surface area contributed by atoms with Crippen molar-refractivity contribution in [1.29, 1.82) is 0 Å². The number of amides is 1. The molecule has 0 radical (unpaired) electrons. The van der Waals surface area contributed by atoms with Crippen molar-refractivity contribution < 1.29 is 9.53 Å². The van der Waals surface area contributed by atoms with Crippen LogP contribution in [-0.4, -0.2) is 28.8 Å². The maximum Gasteiger partial charge on any atom is 0.224 e. The molecule has 2 rings (SSSR count). The van der Waals surface area contributed by atoms with Gasteiger partial charge in [-0.15, -0.1) is 0 Å². The molecule has 0 spiro atoms. The molecule has 3 N–H and O–H groups in total. The van der Waals surface area contributed by atoms with E-state index >= 15 is 0 Å². The lowest BCUT2D eigenvalue weighted by molar-refractivity contribution is -0.115. The van der Waals surface area contributed by atoms with Gasteiger partial charge in [0.2, 0.25) is 5.91 Å². The number of aromatic nitrogens is 2. The Morgan fingerprint density at radius 1 is 1.43 bits per heavy atom. The molecule has 21 heavy (non-hydrogen) atoms. The number of hydrogen-bond donors (Lipinski definition) is 2. The second kappa shape index (κ2) is 6.90. The van der Waals surface area contributed by atoms with Crippen molar-refractivity contribution in [1.82, 2.24) is 9.78 Å². The molecule has 1 aromatic carbocycles. The molecule has 0 saturated heterocycles. The summed E-state index contributed by atoms with van der Waals surface area (Å²) in [4.78, 5) is 11.5. The Bertz CT molecular complexity index is 622. The minimum atomic E-state index is -0.0263. The lowest BCUT2D eigenvalue weighted by Crippen LogP contribution is -2.12. The monoisotopic (exact) mass is 288 g/mol. The van der Waals surface area contributed by atoms with E-state index < -0.39 is 0 Å². The molecular weight excluding hydrogens is 268 g/mol. The first-order valence-corrected chi connectivity index (χ1v) is 6.90. The van der Waals surface area contributed by atoms with Crippen LogP contribution < -0.4 is 15.8 Å². The number of carbonyl (C=O) groups excluding carboxylic acids is 1. The predicted octanol–water partition coefficient (Wildman–Crippen LogP) is 1.77. The number of rotatable bonds is 6. The van der Waals surface area contributed by atoms with Crippen molar-refractivity contribution in [3.8, 4) is 17.0 Å². The fourth-order valence-electron chi connectivity index (χ4n) is 1.99. The molecule has 1 aromatic heterocycles. The Labute approximate surface area is 123 Å². The van der Waals surface area contributed by atoms with Gasteiger partial charge < -0.3 is 15.8 Å². The molecule has 0 unspecified atom stereocenters. The summed E-state index contributed by atoms with van der Waals surface area (Å²) in [7, 11) is 1.86. The van der Waals surface area contributed by atoms with Gasteiger partial charge in [-0.05, 0) is 24.3 Å². The summed E-state index contributed by atoms with van der Waals surface area (Å²) in [6.07, 6.45) is 2.16. The average Bonchev–Trinajstić information content (AvgIpc) is 2.91. The van der Waals surface area contributed by atoms with Crippen molar-refractivity contribution in [3.05, 3.63) is 30.5 Å². The minimum Gasteiger partial charge on any atom is -0.492 e. The summed E-state index contributed by atoms with van der Waals surface area (Å²) in [5.41, 5.74) is 8.01. The number of hydrogen-bond acceptors (Lipinski definition) is 4. The predicted molar refractivity (Wildman–Crippen MR) is 82.1 cm³/mol. The number of anilines is 1. The van der Waals surface area contributed by atoms with E-state index in [1.165, 1.54) is 0 Å². The van der Waals surface area contributed by atoms with Crippen LogP contribution in [0.25, 0.3) is 11.3 Å². The van der Waals surface area contributed by atoms with Gasteiger partial charge in [0.15, 0.2) is 0 Å². The average molecular weight is 288 g/mol. The van der Waals surface area contributed by atoms with E-state index in [2.05, 4.69) is 10.4 Å². The molecule has 0 atom stereocenters. The number of ether oxygens (including phenoxy) is 1. The van der Waals surface area contributed by atoms with E-state index in [0.29, 0.717) is 19.6 Å². The minimum absolute atomic E-state index is 0.0263. The van der Waals surface area contributed by atoms with Gasteiger partial charge in [0.05, 0.1) is 5.69 Å². The van der Waals surface area contributed by atoms with Gasteiger partial charge >= 0.3 is 0 Å². The largest absolute Gasteiger partial charge is 0.492 e. The van der Waals surface area contributed by atoms with Gasteiger partial charge in [0.1, 0.15) is 12.4 Å². The molecule has 112 valence electrons. The molecule has 2 aromatic rings. The van der Waals surface area contributed by atoms with Gasteiger partial charge in [0, 0.05) is 37.5 Å². The first-order chi connectivity index (χ1) is 10.2. The molecule has 0 bridgehead atoms. The summed E-state index contributed by atoms with van der Waals surface area (Å²) < 4.78 is 7.43. The third-order valence-electron chi connectivity index (χ3n) is 3.06. The van der Waals surface area contributed by atoms with E-state index in [1.54, 1.807) is 10.9 Å².